The topological polar surface area (TPSA) is 80.7 Å². The van der Waals surface area contributed by atoms with Crippen LogP contribution in [0.2, 0.25) is 0 Å². The standard InChI is InChI=1S/C18H14O5/c1-2-5-14(20)23-18-13(19)9-8-12-15(18)17(22)11-7-4-3-6-10(11)16(12)21/h3-4,6-9,19H,2,5H2,1H3. The molecule has 0 spiro atoms. The van der Waals surface area contributed by atoms with Crippen molar-refractivity contribution < 1.29 is 24.2 Å². The van der Waals surface area contributed by atoms with E-state index in [1.165, 1.54) is 12.1 Å². The largest absolute Gasteiger partial charge is 0.504 e. The Bertz CT molecular complexity index is 835. The molecule has 2 aromatic rings. The smallest absolute Gasteiger partial charge is 0.311 e. The Kier molecular flexibility index (Phi) is 3.70. The van der Waals surface area contributed by atoms with Gasteiger partial charge in [-0.1, -0.05) is 31.2 Å². The normalized spacial score (nSPS) is 12.6. The summed E-state index contributed by atoms with van der Waals surface area (Å²) in [5, 5.41) is 9.99. The van der Waals surface area contributed by atoms with Gasteiger partial charge in [-0.2, -0.15) is 0 Å². The highest BCUT2D eigenvalue weighted by Crippen LogP contribution is 2.39. The van der Waals surface area contributed by atoms with Crippen molar-refractivity contribution in [2.24, 2.45) is 0 Å². The minimum Gasteiger partial charge on any atom is -0.504 e. The number of fused-ring (bicyclic) bond motifs is 2. The van der Waals surface area contributed by atoms with Crippen molar-refractivity contribution in [2.75, 3.05) is 0 Å². The molecule has 0 unspecified atom stereocenters. The number of ketones is 2. The molecule has 1 aliphatic rings. The Hall–Kier alpha value is -2.95. The average molecular weight is 310 g/mol. The minimum absolute atomic E-state index is 0.0573. The Balaban J connectivity index is 2.17. The Morgan fingerprint density at radius 1 is 1.00 bits per heavy atom. The molecule has 0 radical (unpaired) electrons. The summed E-state index contributed by atoms with van der Waals surface area (Å²) in [6.07, 6.45) is 0.728. The first kappa shape index (κ1) is 15.0. The van der Waals surface area contributed by atoms with Crippen molar-refractivity contribution in [3.8, 4) is 11.5 Å². The summed E-state index contributed by atoms with van der Waals surface area (Å²) >= 11 is 0. The van der Waals surface area contributed by atoms with Crippen molar-refractivity contribution in [1.29, 1.82) is 0 Å². The van der Waals surface area contributed by atoms with E-state index in [-0.39, 0.29) is 40.4 Å². The molecule has 0 aromatic heterocycles. The quantitative estimate of drug-likeness (QED) is 0.594. The number of esters is 1. The average Bonchev–Trinajstić information content (AvgIpc) is 2.55. The molecular weight excluding hydrogens is 296 g/mol. The maximum Gasteiger partial charge on any atom is 0.311 e. The molecule has 5 heteroatoms. The molecule has 0 aliphatic heterocycles. The lowest BCUT2D eigenvalue weighted by Crippen LogP contribution is -2.22. The van der Waals surface area contributed by atoms with Gasteiger partial charge in [-0.05, 0) is 18.6 Å². The fourth-order valence-corrected chi connectivity index (χ4v) is 2.62. The number of hydrogen-bond donors (Lipinski definition) is 1. The summed E-state index contributed by atoms with van der Waals surface area (Å²) in [5.74, 6) is -1.91. The predicted octanol–water partition coefficient (Wildman–Crippen LogP) is 2.87. The van der Waals surface area contributed by atoms with Crippen LogP contribution in [0.3, 0.4) is 0 Å². The van der Waals surface area contributed by atoms with E-state index in [1.54, 1.807) is 24.3 Å². The summed E-state index contributed by atoms with van der Waals surface area (Å²) in [6.45, 7) is 1.81. The van der Waals surface area contributed by atoms with Crippen molar-refractivity contribution in [1.82, 2.24) is 0 Å². The summed E-state index contributed by atoms with van der Waals surface area (Å²) < 4.78 is 5.16. The number of hydrogen-bond acceptors (Lipinski definition) is 5. The molecule has 0 atom stereocenters. The third kappa shape index (κ3) is 2.40. The van der Waals surface area contributed by atoms with Crippen LogP contribution in [0.15, 0.2) is 36.4 Å². The second kappa shape index (κ2) is 5.68. The molecular formula is C18H14O5. The molecule has 0 amide bonds. The van der Waals surface area contributed by atoms with Crippen LogP contribution in [0, 0.1) is 0 Å². The van der Waals surface area contributed by atoms with Crippen molar-refractivity contribution in [3.05, 3.63) is 58.7 Å². The monoisotopic (exact) mass is 310 g/mol. The first-order chi connectivity index (χ1) is 11.0. The fraction of sp³-hybridized carbons (Fsp3) is 0.167. The molecule has 0 saturated carbocycles. The maximum absolute atomic E-state index is 12.7. The van der Waals surface area contributed by atoms with E-state index in [0.717, 1.165) is 0 Å². The Morgan fingerprint density at radius 2 is 1.65 bits per heavy atom. The zero-order valence-corrected chi connectivity index (χ0v) is 12.5. The first-order valence-electron chi connectivity index (χ1n) is 7.29. The van der Waals surface area contributed by atoms with Crippen LogP contribution in [-0.4, -0.2) is 22.6 Å². The van der Waals surface area contributed by atoms with Crippen molar-refractivity contribution in [2.45, 2.75) is 19.8 Å². The lowest BCUT2D eigenvalue weighted by atomic mass is 9.83. The van der Waals surface area contributed by atoms with Gasteiger partial charge in [0.25, 0.3) is 0 Å². The Labute approximate surface area is 132 Å². The van der Waals surface area contributed by atoms with Crippen LogP contribution < -0.4 is 4.74 Å². The molecule has 2 aromatic carbocycles. The van der Waals surface area contributed by atoms with Crippen LogP contribution in [0.25, 0.3) is 0 Å². The van der Waals surface area contributed by atoms with E-state index in [2.05, 4.69) is 0 Å². The zero-order chi connectivity index (χ0) is 16.6. The van der Waals surface area contributed by atoms with Gasteiger partial charge in [-0.25, -0.2) is 0 Å². The van der Waals surface area contributed by atoms with E-state index < -0.39 is 11.8 Å². The number of phenols is 1. The van der Waals surface area contributed by atoms with Gasteiger partial charge >= 0.3 is 5.97 Å². The van der Waals surface area contributed by atoms with Crippen LogP contribution >= 0.6 is 0 Å². The number of rotatable bonds is 3. The second-order valence-corrected chi connectivity index (χ2v) is 5.26. The van der Waals surface area contributed by atoms with E-state index in [4.69, 9.17) is 4.74 Å². The summed E-state index contributed by atoms with van der Waals surface area (Å²) in [7, 11) is 0. The molecule has 5 nitrogen and oxygen atoms in total. The van der Waals surface area contributed by atoms with E-state index in [0.29, 0.717) is 12.0 Å². The first-order valence-corrected chi connectivity index (χ1v) is 7.29. The number of benzene rings is 2. The van der Waals surface area contributed by atoms with E-state index in [1.807, 2.05) is 6.92 Å². The third-order valence-corrected chi connectivity index (χ3v) is 3.69. The number of aromatic hydroxyl groups is 1. The van der Waals surface area contributed by atoms with Crippen molar-refractivity contribution in [3.63, 3.8) is 0 Å². The van der Waals surface area contributed by atoms with Gasteiger partial charge in [0.15, 0.2) is 23.1 Å². The zero-order valence-electron chi connectivity index (χ0n) is 12.5. The lowest BCUT2D eigenvalue weighted by molar-refractivity contribution is -0.134. The van der Waals surface area contributed by atoms with Gasteiger partial charge in [-0.3, -0.25) is 14.4 Å². The molecule has 3 rings (SSSR count). The minimum atomic E-state index is -0.560. The summed E-state index contributed by atoms with van der Waals surface area (Å²) in [4.78, 5) is 37.0. The van der Waals surface area contributed by atoms with Crippen molar-refractivity contribution >= 4 is 17.5 Å². The van der Waals surface area contributed by atoms with Crippen LogP contribution in [0.1, 0.15) is 51.6 Å². The SMILES string of the molecule is CCCC(=O)Oc1c(O)ccc2c1C(=O)c1ccccc1C2=O. The van der Waals surface area contributed by atoms with Gasteiger partial charge in [0.05, 0.1) is 5.56 Å². The Morgan fingerprint density at radius 3 is 2.30 bits per heavy atom. The van der Waals surface area contributed by atoms with Gasteiger partial charge in [0.2, 0.25) is 0 Å². The second-order valence-electron chi connectivity index (χ2n) is 5.26. The highest BCUT2D eigenvalue weighted by Gasteiger charge is 2.34. The highest BCUT2D eigenvalue weighted by molar-refractivity contribution is 6.29. The van der Waals surface area contributed by atoms with Gasteiger partial charge in [0.1, 0.15) is 0 Å². The number of carbonyl (C=O) groups is 3. The van der Waals surface area contributed by atoms with E-state index in [9.17, 15) is 19.5 Å². The molecule has 0 fully saturated rings. The molecule has 0 saturated heterocycles. The highest BCUT2D eigenvalue weighted by atomic mass is 16.5. The van der Waals surface area contributed by atoms with Gasteiger partial charge in [-0.15, -0.1) is 0 Å². The maximum atomic E-state index is 12.7. The molecule has 1 aliphatic carbocycles. The van der Waals surface area contributed by atoms with Gasteiger partial charge in [0, 0.05) is 23.1 Å². The van der Waals surface area contributed by atoms with Crippen LogP contribution in [-0.2, 0) is 4.79 Å². The molecule has 116 valence electrons. The van der Waals surface area contributed by atoms with Gasteiger partial charge < -0.3 is 9.84 Å². The molecule has 23 heavy (non-hydrogen) atoms. The lowest BCUT2D eigenvalue weighted by Gasteiger charge is -2.20. The molecule has 0 bridgehead atoms. The molecule has 0 heterocycles. The van der Waals surface area contributed by atoms with E-state index >= 15 is 0 Å². The summed E-state index contributed by atoms with van der Waals surface area (Å²) in [6, 6.07) is 9.08. The van der Waals surface area contributed by atoms with Crippen LogP contribution in [0.4, 0.5) is 0 Å². The third-order valence-electron chi connectivity index (χ3n) is 3.69. The number of carbonyl (C=O) groups excluding carboxylic acids is 3. The van der Waals surface area contributed by atoms with Crippen LogP contribution in [0.5, 0.6) is 11.5 Å². The molecule has 1 N–H and O–H groups in total. The number of ether oxygens (including phenoxy) is 1. The fourth-order valence-electron chi connectivity index (χ4n) is 2.62. The number of phenolic OH excluding ortho intramolecular Hbond substituents is 1. The summed E-state index contributed by atoms with van der Waals surface area (Å²) in [5.41, 5.74) is 0.619. The predicted molar refractivity (Wildman–Crippen MR) is 82.0 cm³/mol.